The largest absolute Gasteiger partial charge is 0.353 e. The SMILES string of the molecule is CCN(c1cccc(C)c1)c1nc(C)cc(N(CC)C2CCS(=O)(=O)C2)n1. The lowest BCUT2D eigenvalue weighted by Crippen LogP contribution is -2.37. The lowest BCUT2D eigenvalue weighted by molar-refractivity contribution is 0.599. The van der Waals surface area contributed by atoms with Gasteiger partial charge in [-0.3, -0.25) is 0 Å². The summed E-state index contributed by atoms with van der Waals surface area (Å²) in [6.45, 7) is 9.61. The van der Waals surface area contributed by atoms with Crippen molar-refractivity contribution in [1.29, 1.82) is 0 Å². The molecule has 6 nitrogen and oxygen atoms in total. The molecule has 0 bridgehead atoms. The van der Waals surface area contributed by atoms with Gasteiger partial charge in [0.15, 0.2) is 9.84 Å². The monoisotopic (exact) mass is 388 g/mol. The molecule has 2 aromatic rings. The van der Waals surface area contributed by atoms with E-state index in [-0.39, 0.29) is 17.5 Å². The molecule has 1 aliphatic heterocycles. The lowest BCUT2D eigenvalue weighted by Gasteiger charge is -2.30. The summed E-state index contributed by atoms with van der Waals surface area (Å²) < 4.78 is 23.9. The fraction of sp³-hybridized carbons (Fsp3) is 0.500. The number of anilines is 3. The molecule has 0 spiro atoms. The van der Waals surface area contributed by atoms with Gasteiger partial charge in [-0.05, 0) is 51.8 Å². The highest BCUT2D eigenvalue weighted by atomic mass is 32.2. The van der Waals surface area contributed by atoms with Crippen LogP contribution in [-0.2, 0) is 9.84 Å². The van der Waals surface area contributed by atoms with Gasteiger partial charge in [-0.1, -0.05) is 12.1 Å². The highest BCUT2D eigenvalue weighted by molar-refractivity contribution is 7.91. The van der Waals surface area contributed by atoms with Crippen LogP contribution in [0.3, 0.4) is 0 Å². The van der Waals surface area contributed by atoms with E-state index in [4.69, 9.17) is 4.98 Å². The van der Waals surface area contributed by atoms with E-state index >= 15 is 0 Å². The molecule has 1 fully saturated rings. The Morgan fingerprint density at radius 3 is 2.48 bits per heavy atom. The number of rotatable bonds is 6. The number of hydrogen-bond acceptors (Lipinski definition) is 6. The van der Waals surface area contributed by atoms with Crippen molar-refractivity contribution in [1.82, 2.24) is 9.97 Å². The second-order valence-corrected chi connectivity index (χ2v) is 9.32. The summed E-state index contributed by atoms with van der Waals surface area (Å²) in [4.78, 5) is 13.7. The number of nitrogens with zero attached hydrogens (tertiary/aromatic N) is 4. The van der Waals surface area contributed by atoms with Crippen molar-refractivity contribution in [3.63, 3.8) is 0 Å². The maximum absolute atomic E-state index is 11.9. The molecule has 1 saturated heterocycles. The summed E-state index contributed by atoms with van der Waals surface area (Å²) in [5.74, 6) is 1.91. The first kappa shape index (κ1) is 19.6. The Bertz CT molecular complexity index is 914. The van der Waals surface area contributed by atoms with E-state index in [1.54, 1.807) is 0 Å². The van der Waals surface area contributed by atoms with E-state index in [0.29, 0.717) is 18.9 Å². The Labute approximate surface area is 162 Å². The van der Waals surface area contributed by atoms with Gasteiger partial charge in [0.05, 0.1) is 11.5 Å². The average Bonchev–Trinajstić information content (AvgIpc) is 2.95. The van der Waals surface area contributed by atoms with Crippen LogP contribution in [0.5, 0.6) is 0 Å². The van der Waals surface area contributed by atoms with Gasteiger partial charge in [0.2, 0.25) is 5.95 Å². The van der Waals surface area contributed by atoms with Crippen LogP contribution in [0.15, 0.2) is 30.3 Å². The van der Waals surface area contributed by atoms with Gasteiger partial charge < -0.3 is 9.80 Å². The smallest absolute Gasteiger partial charge is 0.232 e. The summed E-state index contributed by atoms with van der Waals surface area (Å²) in [6, 6.07) is 10.2. The van der Waals surface area contributed by atoms with Crippen molar-refractivity contribution in [2.24, 2.45) is 0 Å². The molecule has 2 heterocycles. The third-order valence-electron chi connectivity index (χ3n) is 4.98. The van der Waals surface area contributed by atoms with Gasteiger partial charge >= 0.3 is 0 Å². The number of hydrogen-bond donors (Lipinski definition) is 0. The molecule has 3 rings (SSSR count). The summed E-state index contributed by atoms with van der Waals surface area (Å²) in [6.07, 6.45) is 0.657. The normalized spacial score (nSPS) is 18.4. The summed E-state index contributed by atoms with van der Waals surface area (Å²) >= 11 is 0. The maximum atomic E-state index is 11.9. The van der Waals surface area contributed by atoms with Crippen molar-refractivity contribution in [2.45, 2.75) is 40.2 Å². The Morgan fingerprint density at radius 2 is 1.89 bits per heavy atom. The topological polar surface area (TPSA) is 66.4 Å². The first-order valence-electron chi connectivity index (χ1n) is 9.50. The van der Waals surface area contributed by atoms with Crippen molar-refractivity contribution in [2.75, 3.05) is 34.4 Å². The van der Waals surface area contributed by atoms with Crippen molar-refractivity contribution < 1.29 is 8.42 Å². The molecule has 1 unspecified atom stereocenters. The van der Waals surface area contributed by atoms with E-state index in [9.17, 15) is 8.42 Å². The standard InChI is InChI=1S/C20H28N4O2S/c1-5-23(18-10-11-27(25,26)14-18)19-13-16(4)21-20(22-19)24(6-2)17-9-7-8-15(3)12-17/h7-9,12-13,18H,5-6,10-11,14H2,1-4H3. The Morgan fingerprint density at radius 1 is 1.11 bits per heavy atom. The molecule has 7 heteroatoms. The molecule has 1 aliphatic rings. The zero-order chi connectivity index (χ0) is 19.6. The van der Waals surface area contributed by atoms with Crippen LogP contribution in [0.4, 0.5) is 17.5 Å². The minimum atomic E-state index is -2.94. The molecule has 1 aromatic carbocycles. The summed E-state index contributed by atoms with van der Waals surface area (Å²) in [5.41, 5.74) is 3.12. The Balaban J connectivity index is 1.97. The molecular formula is C20H28N4O2S. The molecule has 0 N–H and O–H groups in total. The molecular weight excluding hydrogens is 360 g/mol. The predicted octanol–water partition coefficient (Wildman–Crippen LogP) is 3.26. The van der Waals surface area contributed by atoms with E-state index in [1.807, 2.05) is 26.0 Å². The van der Waals surface area contributed by atoms with Crippen molar-refractivity contribution in [3.05, 3.63) is 41.6 Å². The van der Waals surface area contributed by atoms with E-state index in [0.717, 1.165) is 23.7 Å². The predicted molar refractivity (Wildman–Crippen MR) is 111 cm³/mol. The maximum Gasteiger partial charge on any atom is 0.232 e. The molecule has 146 valence electrons. The van der Waals surface area contributed by atoms with Crippen LogP contribution in [0.25, 0.3) is 0 Å². The van der Waals surface area contributed by atoms with Crippen LogP contribution < -0.4 is 9.80 Å². The van der Waals surface area contributed by atoms with Crippen LogP contribution in [0.1, 0.15) is 31.5 Å². The first-order chi connectivity index (χ1) is 12.8. The minimum Gasteiger partial charge on any atom is -0.353 e. The third kappa shape index (κ3) is 4.40. The van der Waals surface area contributed by atoms with Crippen LogP contribution in [0, 0.1) is 13.8 Å². The van der Waals surface area contributed by atoms with Gasteiger partial charge in [0.1, 0.15) is 5.82 Å². The van der Waals surface area contributed by atoms with Crippen LogP contribution >= 0.6 is 0 Å². The highest BCUT2D eigenvalue weighted by Gasteiger charge is 2.32. The number of benzene rings is 1. The lowest BCUT2D eigenvalue weighted by atomic mass is 10.2. The number of sulfone groups is 1. The zero-order valence-electron chi connectivity index (χ0n) is 16.5. The van der Waals surface area contributed by atoms with E-state index in [2.05, 4.69) is 46.8 Å². The molecule has 0 amide bonds. The molecule has 0 aliphatic carbocycles. The molecule has 0 radical (unpaired) electrons. The molecule has 1 atom stereocenters. The van der Waals surface area contributed by atoms with Crippen molar-refractivity contribution >= 4 is 27.3 Å². The zero-order valence-corrected chi connectivity index (χ0v) is 17.3. The second-order valence-electron chi connectivity index (χ2n) is 7.09. The van der Waals surface area contributed by atoms with Gasteiger partial charge in [0.25, 0.3) is 0 Å². The van der Waals surface area contributed by atoms with Crippen LogP contribution in [-0.4, -0.2) is 49.0 Å². The van der Waals surface area contributed by atoms with Crippen molar-refractivity contribution in [3.8, 4) is 0 Å². The molecule has 27 heavy (non-hydrogen) atoms. The fourth-order valence-corrected chi connectivity index (χ4v) is 5.40. The summed E-state index contributed by atoms with van der Waals surface area (Å²) in [7, 11) is -2.94. The highest BCUT2D eigenvalue weighted by Crippen LogP contribution is 2.28. The van der Waals surface area contributed by atoms with Gasteiger partial charge in [-0.2, -0.15) is 4.98 Å². The van der Waals surface area contributed by atoms with Gasteiger partial charge in [-0.25, -0.2) is 13.4 Å². The minimum absolute atomic E-state index is 0.0174. The number of aryl methyl sites for hydroxylation is 2. The van der Waals surface area contributed by atoms with Gasteiger partial charge in [0, 0.05) is 36.6 Å². The van der Waals surface area contributed by atoms with E-state index < -0.39 is 9.84 Å². The fourth-order valence-electron chi connectivity index (χ4n) is 3.67. The number of aromatic nitrogens is 2. The average molecular weight is 389 g/mol. The van der Waals surface area contributed by atoms with Gasteiger partial charge in [-0.15, -0.1) is 0 Å². The Kier molecular flexibility index (Phi) is 5.69. The molecule has 0 saturated carbocycles. The summed E-state index contributed by atoms with van der Waals surface area (Å²) in [5, 5.41) is 0. The second kappa shape index (κ2) is 7.84. The molecule has 1 aromatic heterocycles. The van der Waals surface area contributed by atoms with E-state index in [1.165, 1.54) is 5.56 Å². The Hall–Kier alpha value is -2.15. The third-order valence-corrected chi connectivity index (χ3v) is 6.73. The van der Waals surface area contributed by atoms with Crippen LogP contribution in [0.2, 0.25) is 0 Å². The first-order valence-corrected chi connectivity index (χ1v) is 11.3. The quantitative estimate of drug-likeness (QED) is 0.757.